The van der Waals surface area contributed by atoms with Crippen molar-refractivity contribution in [2.24, 2.45) is 0 Å². The van der Waals surface area contributed by atoms with Crippen molar-refractivity contribution >= 4 is 5.69 Å². The molecule has 1 rings (SSSR count). The minimum absolute atomic E-state index is 0. The number of rotatable bonds is 0. The molecule has 0 bridgehead atoms. The summed E-state index contributed by atoms with van der Waals surface area (Å²) in [6.07, 6.45) is 0. The number of phenolic OH excluding ortho intramolecular Hbond substituents is 1. The van der Waals surface area contributed by atoms with Gasteiger partial charge in [0.05, 0.1) is 5.69 Å². The molecule has 0 saturated carbocycles. The van der Waals surface area contributed by atoms with Crippen LogP contribution in [0.2, 0.25) is 0 Å². The molecule has 0 atom stereocenters. The van der Waals surface area contributed by atoms with Gasteiger partial charge in [0.1, 0.15) is 5.75 Å². The average Bonchev–Trinajstić information content (AvgIpc) is 1.77. The number of nitrogen functional groups attached to an aromatic ring is 1. The molecular formula is C6H8LiNO. The number of nitrogens with two attached hydrogens (primary N) is 1. The van der Waals surface area contributed by atoms with Crippen LogP contribution in [0.5, 0.6) is 5.75 Å². The van der Waals surface area contributed by atoms with Gasteiger partial charge >= 0.3 is 18.9 Å². The Balaban J connectivity index is 0. The summed E-state index contributed by atoms with van der Waals surface area (Å²) < 4.78 is 0. The number of benzene rings is 1. The van der Waals surface area contributed by atoms with Crippen molar-refractivity contribution in [2.75, 3.05) is 5.73 Å². The predicted octanol–water partition coefficient (Wildman–Crippen LogP) is -1.91. The summed E-state index contributed by atoms with van der Waals surface area (Å²) in [4.78, 5) is 0. The molecule has 0 amide bonds. The van der Waals surface area contributed by atoms with Gasteiger partial charge in [-0.05, 0) is 12.1 Å². The first-order valence-corrected chi connectivity index (χ1v) is 2.34. The number of hydrogen-bond donors (Lipinski definition) is 2. The van der Waals surface area contributed by atoms with Crippen molar-refractivity contribution in [3.63, 3.8) is 0 Å². The Morgan fingerprint density at radius 2 is 1.89 bits per heavy atom. The van der Waals surface area contributed by atoms with E-state index in [0.29, 0.717) is 5.69 Å². The third kappa shape index (κ3) is 2.01. The van der Waals surface area contributed by atoms with Crippen LogP contribution in [0, 0.1) is 0 Å². The van der Waals surface area contributed by atoms with Crippen LogP contribution >= 0.6 is 0 Å². The monoisotopic (exact) mass is 117 g/mol. The first-order chi connectivity index (χ1) is 3.80. The van der Waals surface area contributed by atoms with Gasteiger partial charge in [-0.3, -0.25) is 0 Å². The van der Waals surface area contributed by atoms with E-state index < -0.39 is 0 Å². The second kappa shape index (κ2) is 3.44. The van der Waals surface area contributed by atoms with E-state index in [-0.39, 0.29) is 26.0 Å². The van der Waals surface area contributed by atoms with Crippen LogP contribution in [-0.2, 0) is 0 Å². The number of anilines is 1. The van der Waals surface area contributed by atoms with Crippen molar-refractivity contribution in [2.45, 2.75) is 0 Å². The fourth-order valence-corrected chi connectivity index (χ4v) is 0.488. The summed E-state index contributed by atoms with van der Waals surface area (Å²) in [6.45, 7) is 0. The Hall–Kier alpha value is -0.583. The molecule has 9 heavy (non-hydrogen) atoms. The largest absolute Gasteiger partial charge is 1.00 e. The number of hydrogen-bond acceptors (Lipinski definition) is 2. The summed E-state index contributed by atoms with van der Waals surface area (Å²) >= 11 is 0. The van der Waals surface area contributed by atoms with E-state index in [9.17, 15) is 0 Å². The van der Waals surface area contributed by atoms with Gasteiger partial charge in [-0.2, -0.15) is 0 Å². The zero-order chi connectivity index (χ0) is 5.98. The first kappa shape index (κ1) is 8.42. The van der Waals surface area contributed by atoms with Crippen molar-refractivity contribution in [3.05, 3.63) is 24.3 Å². The topological polar surface area (TPSA) is 46.2 Å². The van der Waals surface area contributed by atoms with E-state index in [1.165, 1.54) is 0 Å². The summed E-state index contributed by atoms with van der Waals surface area (Å²) in [5.74, 6) is 0.146. The molecule has 0 aliphatic heterocycles. The summed E-state index contributed by atoms with van der Waals surface area (Å²) in [6, 6.07) is 6.70. The molecule has 0 aromatic heterocycles. The van der Waals surface area contributed by atoms with Crippen molar-refractivity contribution in [3.8, 4) is 5.75 Å². The van der Waals surface area contributed by atoms with Crippen LogP contribution < -0.4 is 24.6 Å². The van der Waals surface area contributed by atoms with E-state index in [0.717, 1.165) is 0 Å². The molecular weight excluding hydrogens is 109 g/mol. The third-order valence-corrected chi connectivity index (χ3v) is 0.937. The molecule has 0 spiro atoms. The van der Waals surface area contributed by atoms with E-state index >= 15 is 0 Å². The maximum Gasteiger partial charge on any atom is 1.00 e. The number of aromatic hydroxyl groups is 1. The van der Waals surface area contributed by atoms with Gasteiger partial charge < -0.3 is 12.3 Å². The van der Waals surface area contributed by atoms with Gasteiger partial charge in [0.2, 0.25) is 0 Å². The van der Waals surface area contributed by atoms with Crippen LogP contribution in [-0.4, -0.2) is 5.11 Å². The number of phenols is 1. The normalized spacial score (nSPS) is 8.00. The fraction of sp³-hybridized carbons (Fsp3) is 0. The van der Waals surface area contributed by atoms with E-state index in [2.05, 4.69) is 0 Å². The number of para-hydroxylation sites is 2. The molecule has 0 radical (unpaired) electrons. The minimum Gasteiger partial charge on any atom is -1.00 e. The quantitative estimate of drug-likeness (QED) is 0.236. The third-order valence-electron chi connectivity index (χ3n) is 0.937. The van der Waals surface area contributed by atoms with Gasteiger partial charge in [-0.15, -0.1) is 0 Å². The van der Waals surface area contributed by atoms with Gasteiger partial charge in [-0.25, -0.2) is 0 Å². The average molecular weight is 117 g/mol. The molecule has 1 aromatic carbocycles. The predicted molar refractivity (Wildman–Crippen MR) is 33.6 cm³/mol. The standard InChI is InChI=1S/C6H7NO.Li.H/c7-5-3-1-2-4-6(5)8;;/h1-4,8H,7H2;;/q;+1;-1. The zero-order valence-corrected chi connectivity index (χ0v) is 5.33. The van der Waals surface area contributed by atoms with Crippen molar-refractivity contribution < 1.29 is 25.4 Å². The maximum atomic E-state index is 8.79. The Labute approximate surface area is 67.3 Å². The zero-order valence-electron chi connectivity index (χ0n) is 6.33. The van der Waals surface area contributed by atoms with E-state index in [4.69, 9.17) is 10.8 Å². The van der Waals surface area contributed by atoms with Crippen LogP contribution in [0.15, 0.2) is 24.3 Å². The smallest absolute Gasteiger partial charge is 1.00 e. The minimum atomic E-state index is 0. The molecule has 0 aliphatic carbocycles. The Bertz CT molecular complexity index is 174. The van der Waals surface area contributed by atoms with Crippen LogP contribution in [0.25, 0.3) is 0 Å². The molecule has 2 nitrogen and oxygen atoms in total. The second-order valence-corrected chi connectivity index (χ2v) is 1.56. The van der Waals surface area contributed by atoms with Crippen LogP contribution in [0.3, 0.4) is 0 Å². The summed E-state index contributed by atoms with van der Waals surface area (Å²) in [7, 11) is 0. The maximum absolute atomic E-state index is 8.79. The van der Waals surface area contributed by atoms with E-state index in [1.54, 1.807) is 24.3 Å². The Morgan fingerprint density at radius 3 is 2.22 bits per heavy atom. The molecule has 1 aromatic rings. The van der Waals surface area contributed by atoms with Gasteiger partial charge in [0.15, 0.2) is 0 Å². The van der Waals surface area contributed by atoms with Gasteiger partial charge in [-0.1, -0.05) is 12.1 Å². The molecule has 0 fully saturated rings. The second-order valence-electron chi connectivity index (χ2n) is 1.56. The molecule has 0 heterocycles. The molecule has 44 valence electrons. The Kier molecular flexibility index (Phi) is 3.22. The van der Waals surface area contributed by atoms with Crippen molar-refractivity contribution in [1.82, 2.24) is 0 Å². The van der Waals surface area contributed by atoms with Gasteiger partial charge in [0.25, 0.3) is 0 Å². The molecule has 0 unspecified atom stereocenters. The van der Waals surface area contributed by atoms with Gasteiger partial charge in [0, 0.05) is 0 Å². The summed E-state index contributed by atoms with van der Waals surface area (Å²) in [5, 5.41) is 8.79. The molecule has 0 saturated heterocycles. The van der Waals surface area contributed by atoms with E-state index in [1.807, 2.05) is 0 Å². The molecule has 0 aliphatic rings. The summed E-state index contributed by atoms with van der Waals surface area (Å²) in [5.41, 5.74) is 5.69. The Morgan fingerprint density at radius 1 is 1.33 bits per heavy atom. The first-order valence-electron chi connectivity index (χ1n) is 2.34. The molecule has 3 N–H and O–H groups in total. The molecule has 3 heteroatoms. The van der Waals surface area contributed by atoms with Crippen molar-refractivity contribution in [1.29, 1.82) is 0 Å². The SMILES string of the molecule is Nc1ccccc1O.[H-].[Li+]. The van der Waals surface area contributed by atoms with Crippen LogP contribution in [0.4, 0.5) is 5.69 Å². The fourth-order valence-electron chi connectivity index (χ4n) is 0.488. The van der Waals surface area contributed by atoms with Crippen LogP contribution in [0.1, 0.15) is 1.43 Å².